The number of nitrogens with zero attached hydrogens (tertiary/aromatic N) is 2. The molecule has 2 heterocycles. The quantitative estimate of drug-likeness (QED) is 0.773. The van der Waals surface area contributed by atoms with E-state index in [0.29, 0.717) is 0 Å². The van der Waals surface area contributed by atoms with Crippen LogP contribution in [0.3, 0.4) is 0 Å². The van der Waals surface area contributed by atoms with Crippen LogP contribution in [0, 0.1) is 0 Å². The number of rotatable bonds is 6. The highest BCUT2D eigenvalue weighted by Gasteiger charge is 2.01. The molecule has 2 aromatic heterocycles. The Labute approximate surface area is 102 Å². The average Bonchev–Trinajstić information content (AvgIpc) is 2.79. The molecule has 0 aliphatic heterocycles. The second kappa shape index (κ2) is 6.18. The van der Waals surface area contributed by atoms with Gasteiger partial charge in [0.05, 0.1) is 0 Å². The first-order chi connectivity index (χ1) is 8.38. The Balaban J connectivity index is 1.90. The number of aromatic nitrogens is 3. The molecule has 0 saturated heterocycles. The van der Waals surface area contributed by atoms with Gasteiger partial charge >= 0.3 is 0 Å². The van der Waals surface area contributed by atoms with Crippen LogP contribution in [0.25, 0.3) is 0 Å². The van der Waals surface area contributed by atoms with Gasteiger partial charge in [0.15, 0.2) is 0 Å². The third kappa shape index (κ3) is 3.70. The maximum absolute atomic E-state index is 4.41. The molecular weight excluding hydrogens is 210 g/mol. The Morgan fingerprint density at radius 1 is 1.18 bits per heavy atom. The smallest absolute Gasteiger partial charge is 0.106 e. The SMILES string of the molecule is CCCCCc1ncc(Cc2ccncc2)[nH]1. The Morgan fingerprint density at radius 2 is 2.00 bits per heavy atom. The van der Waals surface area contributed by atoms with Crippen molar-refractivity contribution in [3.05, 3.63) is 47.8 Å². The van der Waals surface area contributed by atoms with E-state index in [9.17, 15) is 0 Å². The molecule has 1 N–H and O–H groups in total. The van der Waals surface area contributed by atoms with Crippen molar-refractivity contribution in [1.82, 2.24) is 15.0 Å². The zero-order valence-corrected chi connectivity index (χ0v) is 10.3. The number of aromatic amines is 1. The average molecular weight is 229 g/mol. The second-order valence-electron chi connectivity index (χ2n) is 4.34. The van der Waals surface area contributed by atoms with Gasteiger partial charge in [0.1, 0.15) is 5.82 Å². The second-order valence-corrected chi connectivity index (χ2v) is 4.34. The van der Waals surface area contributed by atoms with Crippen LogP contribution in [0.4, 0.5) is 0 Å². The van der Waals surface area contributed by atoms with Crippen LogP contribution in [0.2, 0.25) is 0 Å². The largest absolute Gasteiger partial charge is 0.346 e. The van der Waals surface area contributed by atoms with Crippen molar-refractivity contribution < 1.29 is 0 Å². The number of hydrogen-bond donors (Lipinski definition) is 1. The fourth-order valence-electron chi connectivity index (χ4n) is 1.89. The van der Waals surface area contributed by atoms with Gasteiger partial charge in [-0.05, 0) is 24.1 Å². The number of pyridine rings is 1. The Morgan fingerprint density at radius 3 is 2.76 bits per heavy atom. The molecule has 0 radical (unpaired) electrons. The van der Waals surface area contributed by atoms with Crippen molar-refractivity contribution in [2.75, 3.05) is 0 Å². The van der Waals surface area contributed by atoms with Gasteiger partial charge in [-0.1, -0.05) is 19.8 Å². The standard InChI is InChI=1S/C14H19N3/c1-2-3-4-5-14-16-11-13(17-14)10-12-6-8-15-9-7-12/h6-9,11H,2-5,10H2,1H3,(H,16,17). The van der Waals surface area contributed by atoms with Crippen LogP contribution in [-0.2, 0) is 12.8 Å². The summed E-state index contributed by atoms with van der Waals surface area (Å²) in [6, 6.07) is 4.08. The number of imidazole rings is 1. The summed E-state index contributed by atoms with van der Waals surface area (Å²) in [6.07, 6.45) is 11.3. The van der Waals surface area contributed by atoms with Gasteiger partial charge in [-0.2, -0.15) is 0 Å². The Kier molecular flexibility index (Phi) is 4.30. The summed E-state index contributed by atoms with van der Waals surface area (Å²) in [5.41, 5.74) is 2.45. The van der Waals surface area contributed by atoms with Gasteiger partial charge in [-0.3, -0.25) is 4.98 Å². The molecule has 0 atom stereocenters. The van der Waals surface area contributed by atoms with Crippen LogP contribution in [-0.4, -0.2) is 15.0 Å². The lowest BCUT2D eigenvalue weighted by molar-refractivity contribution is 0.698. The van der Waals surface area contributed by atoms with Crippen LogP contribution < -0.4 is 0 Å². The Hall–Kier alpha value is -1.64. The summed E-state index contributed by atoms with van der Waals surface area (Å²) < 4.78 is 0. The van der Waals surface area contributed by atoms with Crippen molar-refractivity contribution in [1.29, 1.82) is 0 Å². The van der Waals surface area contributed by atoms with Gasteiger partial charge in [0.2, 0.25) is 0 Å². The van der Waals surface area contributed by atoms with Crippen LogP contribution >= 0.6 is 0 Å². The predicted molar refractivity (Wildman–Crippen MR) is 68.9 cm³/mol. The molecular formula is C14H19N3. The minimum atomic E-state index is 0.906. The number of nitrogens with one attached hydrogen (secondary N) is 1. The third-order valence-electron chi connectivity index (χ3n) is 2.84. The zero-order chi connectivity index (χ0) is 11.9. The normalized spacial score (nSPS) is 10.6. The summed E-state index contributed by atoms with van der Waals surface area (Å²) in [4.78, 5) is 11.8. The van der Waals surface area contributed by atoms with Crippen LogP contribution in [0.15, 0.2) is 30.7 Å². The summed E-state index contributed by atoms with van der Waals surface area (Å²) >= 11 is 0. The first-order valence-corrected chi connectivity index (χ1v) is 6.30. The van der Waals surface area contributed by atoms with Gasteiger partial charge in [-0.15, -0.1) is 0 Å². The molecule has 3 heteroatoms. The van der Waals surface area contributed by atoms with Crippen molar-refractivity contribution in [2.45, 2.75) is 39.0 Å². The highest BCUT2D eigenvalue weighted by atomic mass is 14.9. The fraction of sp³-hybridized carbons (Fsp3) is 0.429. The molecule has 0 unspecified atom stereocenters. The highest BCUT2D eigenvalue weighted by molar-refractivity contribution is 5.18. The summed E-state index contributed by atoms with van der Waals surface area (Å²) in [7, 11) is 0. The molecule has 0 aliphatic rings. The van der Waals surface area contributed by atoms with E-state index in [2.05, 4.69) is 21.9 Å². The van der Waals surface area contributed by atoms with E-state index in [1.165, 1.54) is 30.5 Å². The lowest BCUT2D eigenvalue weighted by atomic mass is 10.1. The molecule has 90 valence electrons. The lowest BCUT2D eigenvalue weighted by Crippen LogP contribution is -1.91. The van der Waals surface area contributed by atoms with Gasteiger partial charge in [0, 0.05) is 37.1 Å². The fourth-order valence-corrected chi connectivity index (χ4v) is 1.89. The molecule has 3 nitrogen and oxygen atoms in total. The maximum Gasteiger partial charge on any atom is 0.106 e. The molecule has 17 heavy (non-hydrogen) atoms. The van der Waals surface area contributed by atoms with Crippen LogP contribution in [0.5, 0.6) is 0 Å². The lowest BCUT2D eigenvalue weighted by Gasteiger charge is -1.98. The molecule has 0 spiro atoms. The van der Waals surface area contributed by atoms with E-state index < -0.39 is 0 Å². The molecule has 0 bridgehead atoms. The number of aryl methyl sites for hydroxylation is 1. The maximum atomic E-state index is 4.41. The van der Waals surface area contributed by atoms with E-state index in [4.69, 9.17) is 0 Å². The molecule has 0 aliphatic carbocycles. The highest BCUT2D eigenvalue weighted by Crippen LogP contribution is 2.08. The minimum Gasteiger partial charge on any atom is -0.346 e. The first-order valence-electron chi connectivity index (χ1n) is 6.30. The molecule has 2 rings (SSSR count). The molecule has 2 aromatic rings. The molecule has 0 fully saturated rings. The van der Waals surface area contributed by atoms with Crippen LogP contribution in [0.1, 0.15) is 43.3 Å². The molecule has 0 aromatic carbocycles. The Bertz CT molecular complexity index is 434. The number of H-pyrrole nitrogens is 1. The minimum absolute atomic E-state index is 0.906. The zero-order valence-electron chi connectivity index (χ0n) is 10.3. The van der Waals surface area contributed by atoms with Crippen molar-refractivity contribution >= 4 is 0 Å². The monoisotopic (exact) mass is 229 g/mol. The third-order valence-corrected chi connectivity index (χ3v) is 2.84. The molecule has 0 amide bonds. The van der Waals surface area contributed by atoms with Gasteiger partial charge < -0.3 is 4.98 Å². The van der Waals surface area contributed by atoms with Crippen molar-refractivity contribution in [2.24, 2.45) is 0 Å². The van der Waals surface area contributed by atoms with E-state index in [-0.39, 0.29) is 0 Å². The van der Waals surface area contributed by atoms with Gasteiger partial charge in [-0.25, -0.2) is 4.98 Å². The summed E-state index contributed by atoms with van der Waals surface area (Å²) in [5, 5.41) is 0. The summed E-state index contributed by atoms with van der Waals surface area (Å²) in [6.45, 7) is 2.22. The summed E-state index contributed by atoms with van der Waals surface area (Å²) in [5.74, 6) is 1.11. The number of hydrogen-bond acceptors (Lipinski definition) is 2. The van der Waals surface area contributed by atoms with E-state index in [1.54, 1.807) is 0 Å². The van der Waals surface area contributed by atoms with E-state index in [0.717, 1.165) is 18.7 Å². The first kappa shape index (κ1) is 11.8. The van der Waals surface area contributed by atoms with E-state index in [1.807, 2.05) is 30.7 Å². The predicted octanol–water partition coefficient (Wildman–Crippen LogP) is 3.13. The van der Waals surface area contributed by atoms with Crippen molar-refractivity contribution in [3.63, 3.8) is 0 Å². The van der Waals surface area contributed by atoms with Gasteiger partial charge in [0.25, 0.3) is 0 Å². The number of unbranched alkanes of at least 4 members (excludes halogenated alkanes) is 2. The molecule has 0 saturated carbocycles. The van der Waals surface area contributed by atoms with E-state index >= 15 is 0 Å². The van der Waals surface area contributed by atoms with Crippen molar-refractivity contribution in [3.8, 4) is 0 Å². The topological polar surface area (TPSA) is 41.6 Å².